The summed E-state index contributed by atoms with van der Waals surface area (Å²) in [6.07, 6.45) is 0.717. The van der Waals surface area contributed by atoms with Gasteiger partial charge in [0.25, 0.3) is 0 Å². The number of carbonyl (C=O) groups excluding carboxylic acids is 1. The van der Waals surface area contributed by atoms with Crippen molar-refractivity contribution in [2.45, 2.75) is 27.2 Å². The molecule has 0 aliphatic rings. The molecule has 0 fully saturated rings. The van der Waals surface area contributed by atoms with Crippen LogP contribution in [0.4, 0.5) is 4.79 Å². The SMILES string of the molecule is COc1c(C)c(C)cc(C)c1CCNC(=O)Cl. The molecule has 1 amide bonds. The minimum absolute atomic E-state index is 0.516. The molecule has 17 heavy (non-hydrogen) atoms. The molecule has 4 heteroatoms. The summed E-state index contributed by atoms with van der Waals surface area (Å²) >= 11 is 5.23. The maximum atomic E-state index is 10.6. The zero-order valence-corrected chi connectivity index (χ0v) is 11.4. The molecule has 0 saturated heterocycles. The molecule has 3 nitrogen and oxygen atoms in total. The maximum absolute atomic E-state index is 10.6. The van der Waals surface area contributed by atoms with Crippen LogP contribution in [0.1, 0.15) is 22.3 Å². The van der Waals surface area contributed by atoms with Crippen LogP contribution in [0.5, 0.6) is 5.75 Å². The van der Waals surface area contributed by atoms with E-state index >= 15 is 0 Å². The Morgan fingerprint density at radius 3 is 2.53 bits per heavy atom. The summed E-state index contributed by atoms with van der Waals surface area (Å²) in [4.78, 5) is 10.6. The number of rotatable bonds is 4. The van der Waals surface area contributed by atoms with Gasteiger partial charge < -0.3 is 10.1 Å². The number of ether oxygens (including phenoxy) is 1. The zero-order valence-electron chi connectivity index (χ0n) is 10.7. The van der Waals surface area contributed by atoms with Crippen LogP contribution in [0.15, 0.2) is 6.07 Å². The van der Waals surface area contributed by atoms with Gasteiger partial charge in [-0.15, -0.1) is 0 Å². The Bertz CT molecular complexity index is 430. The van der Waals surface area contributed by atoms with Gasteiger partial charge in [0.05, 0.1) is 7.11 Å². The van der Waals surface area contributed by atoms with Crippen molar-refractivity contribution in [2.24, 2.45) is 0 Å². The molecule has 0 aliphatic heterocycles. The molecular weight excluding hydrogens is 238 g/mol. The van der Waals surface area contributed by atoms with Gasteiger partial charge in [0.1, 0.15) is 5.75 Å². The zero-order chi connectivity index (χ0) is 13.0. The van der Waals surface area contributed by atoms with Crippen LogP contribution in [-0.4, -0.2) is 19.0 Å². The molecule has 0 unspecified atom stereocenters. The van der Waals surface area contributed by atoms with Crippen LogP contribution >= 0.6 is 11.6 Å². The van der Waals surface area contributed by atoms with Crippen LogP contribution in [0, 0.1) is 20.8 Å². The Kier molecular flexibility index (Phi) is 4.82. The topological polar surface area (TPSA) is 38.3 Å². The molecule has 1 N–H and O–H groups in total. The normalized spacial score (nSPS) is 10.2. The van der Waals surface area contributed by atoms with Gasteiger partial charge in [0, 0.05) is 6.54 Å². The summed E-state index contributed by atoms with van der Waals surface area (Å²) in [5.74, 6) is 0.909. The number of halogens is 1. The Labute approximate surface area is 107 Å². The van der Waals surface area contributed by atoms with Gasteiger partial charge in [0.15, 0.2) is 0 Å². The third-order valence-electron chi connectivity index (χ3n) is 2.96. The minimum Gasteiger partial charge on any atom is -0.496 e. The third-order valence-corrected chi connectivity index (χ3v) is 3.09. The second-order valence-corrected chi connectivity index (χ2v) is 4.44. The van der Waals surface area contributed by atoms with E-state index in [0.29, 0.717) is 13.0 Å². The van der Waals surface area contributed by atoms with E-state index in [4.69, 9.17) is 16.3 Å². The van der Waals surface area contributed by atoms with E-state index in [1.54, 1.807) is 7.11 Å². The molecule has 1 aromatic carbocycles. The molecule has 0 radical (unpaired) electrons. The highest BCUT2D eigenvalue weighted by atomic mass is 35.5. The second kappa shape index (κ2) is 5.92. The number of carbonyl (C=O) groups is 1. The van der Waals surface area contributed by atoms with Crippen LogP contribution in [0.3, 0.4) is 0 Å². The van der Waals surface area contributed by atoms with Crippen molar-refractivity contribution in [1.82, 2.24) is 5.32 Å². The summed E-state index contributed by atoms with van der Waals surface area (Å²) in [5.41, 5.74) is 4.66. The smallest absolute Gasteiger partial charge is 0.313 e. The molecule has 0 bridgehead atoms. The lowest BCUT2D eigenvalue weighted by Crippen LogP contribution is -2.20. The average molecular weight is 256 g/mol. The van der Waals surface area contributed by atoms with Crippen LogP contribution in [0.25, 0.3) is 0 Å². The quantitative estimate of drug-likeness (QED) is 0.663. The van der Waals surface area contributed by atoms with Gasteiger partial charge in [-0.25, -0.2) is 0 Å². The number of benzene rings is 1. The molecule has 0 heterocycles. The summed E-state index contributed by atoms with van der Waals surface area (Å²) < 4.78 is 5.45. The Balaban J connectivity index is 2.97. The van der Waals surface area contributed by atoms with Crippen molar-refractivity contribution in [3.05, 3.63) is 28.3 Å². The lowest BCUT2D eigenvalue weighted by Gasteiger charge is -2.16. The fourth-order valence-corrected chi connectivity index (χ4v) is 2.07. The van der Waals surface area contributed by atoms with Crippen molar-refractivity contribution in [1.29, 1.82) is 0 Å². The average Bonchev–Trinajstić information content (AvgIpc) is 2.25. The summed E-state index contributed by atoms with van der Waals surface area (Å²) in [6, 6.07) is 2.13. The van der Waals surface area contributed by atoms with E-state index in [2.05, 4.69) is 18.3 Å². The largest absolute Gasteiger partial charge is 0.496 e. The summed E-state index contributed by atoms with van der Waals surface area (Å²) in [5, 5.41) is 2.05. The lowest BCUT2D eigenvalue weighted by molar-refractivity contribution is 0.260. The van der Waals surface area contributed by atoms with E-state index in [1.165, 1.54) is 11.1 Å². The number of amides is 1. The number of hydrogen-bond acceptors (Lipinski definition) is 2. The molecule has 0 atom stereocenters. The van der Waals surface area contributed by atoms with E-state index in [9.17, 15) is 4.79 Å². The van der Waals surface area contributed by atoms with E-state index in [0.717, 1.165) is 16.9 Å². The second-order valence-electron chi connectivity index (χ2n) is 4.10. The van der Waals surface area contributed by atoms with Gasteiger partial charge in [-0.2, -0.15) is 0 Å². The maximum Gasteiger partial charge on any atom is 0.313 e. The highest BCUT2D eigenvalue weighted by Gasteiger charge is 2.12. The predicted molar refractivity (Wildman–Crippen MR) is 70.2 cm³/mol. The summed E-state index contributed by atoms with van der Waals surface area (Å²) in [6.45, 7) is 6.67. The van der Waals surface area contributed by atoms with Crippen molar-refractivity contribution in [3.8, 4) is 5.75 Å². The van der Waals surface area contributed by atoms with Gasteiger partial charge >= 0.3 is 5.37 Å². The molecular formula is C13H18ClNO2. The standard InChI is InChI=1S/C13H18ClNO2/c1-8-7-9(2)11(5-6-15-13(14)16)12(17-4)10(8)3/h7H,5-6H2,1-4H3,(H,15,16). The first-order valence-corrected chi connectivity index (χ1v) is 5.92. The Hall–Kier alpha value is -1.22. The van der Waals surface area contributed by atoms with Crippen LogP contribution in [0.2, 0.25) is 0 Å². The minimum atomic E-state index is -0.523. The van der Waals surface area contributed by atoms with Crippen molar-refractivity contribution in [3.63, 3.8) is 0 Å². The predicted octanol–water partition coefficient (Wildman–Crippen LogP) is 3.11. The van der Waals surface area contributed by atoms with Crippen LogP contribution in [-0.2, 0) is 6.42 Å². The van der Waals surface area contributed by atoms with Crippen LogP contribution < -0.4 is 10.1 Å². The van der Waals surface area contributed by atoms with Gasteiger partial charge in [0.2, 0.25) is 0 Å². The van der Waals surface area contributed by atoms with Gasteiger partial charge in [-0.05, 0) is 61.0 Å². The Morgan fingerprint density at radius 2 is 2.00 bits per heavy atom. The monoisotopic (exact) mass is 255 g/mol. The lowest BCUT2D eigenvalue weighted by atomic mass is 9.97. The molecule has 0 aliphatic carbocycles. The van der Waals surface area contributed by atoms with Gasteiger partial charge in [-0.3, -0.25) is 4.79 Å². The van der Waals surface area contributed by atoms with Gasteiger partial charge in [-0.1, -0.05) is 6.07 Å². The molecule has 0 spiro atoms. The van der Waals surface area contributed by atoms with Crippen molar-refractivity contribution in [2.75, 3.05) is 13.7 Å². The first-order chi connectivity index (χ1) is 7.97. The first-order valence-electron chi connectivity index (χ1n) is 5.54. The van der Waals surface area contributed by atoms with E-state index < -0.39 is 5.37 Å². The highest BCUT2D eigenvalue weighted by molar-refractivity contribution is 6.62. The number of aryl methyl sites for hydroxylation is 2. The Morgan fingerprint density at radius 1 is 1.35 bits per heavy atom. The van der Waals surface area contributed by atoms with Crippen molar-refractivity contribution < 1.29 is 9.53 Å². The first kappa shape index (κ1) is 13.8. The number of hydrogen-bond donors (Lipinski definition) is 1. The fraction of sp³-hybridized carbons (Fsp3) is 0.462. The highest BCUT2D eigenvalue weighted by Crippen LogP contribution is 2.29. The van der Waals surface area contributed by atoms with Crippen molar-refractivity contribution >= 4 is 17.0 Å². The molecule has 1 rings (SSSR count). The number of methoxy groups -OCH3 is 1. The number of nitrogens with one attached hydrogen (secondary N) is 1. The van der Waals surface area contributed by atoms with E-state index in [-0.39, 0.29) is 0 Å². The molecule has 0 aromatic heterocycles. The molecule has 94 valence electrons. The molecule has 0 saturated carbocycles. The molecule has 1 aromatic rings. The fourth-order valence-electron chi connectivity index (χ4n) is 1.98. The third kappa shape index (κ3) is 3.37. The van der Waals surface area contributed by atoms with E-state index in [1.807, 2.05) is 13.8 Å². The summed E-state index contributed by atoms with van der Waals surface area (Å²) in [7, 11) is 1.67.